The van der Waals surface area contributed by atoms with Gasteiger partial charge in [-0.15, -0.1) is 0 Å². The van der Waals surface area contributed by atoms with Crippen LogP contribution in [0.25, 0.3) is 0 Å². The van der Waals surface area contributed by atoms with E-state index in [9.17, 15) is 14.4 Å². The minimum Gasteiger partial charge on any atom is -0.354 e. The number of nitrogens with zero attached hydrogens (tertiary/aromatic N) is 1. The van der Waals surface area contributed by atoms with Crippen molar-refractivity contribution in [3.05, 3.63) is 70.8 Å². The number of benzene rings is 2. The van der Waals surface area contributed by atoms with E-state index in [0.717, 1.165) is 11.1 Å². The Morgan fingerprint density at radius 2 is 1.70 bits per heavy atom. The van der Waals surface area contributed by atoms with Crippen molar-refractivity contribution in [2.75, 3.05) is 19.6 Å². The van der Waals surface area contributed by atoms with Gasteiger partial charge < -0.3 is 15.5 Å². The van der Waals surface area contributed by atoms with E-state index in [1.165, 1.54) is 0 Å². The second-order valence-corrected chi connectivity index (χ2v) is 9.40. The summed E-state index contributed by atoms with van der Waals surface area (Å²) in [5, 5.41) is 5.98. The van der Waals surface area contributed by atoms with E-state index in [1.54, 1.807) is 6.07 Å². The molecule has 2 aromatic rings. The standard InChI is InChI=1S/C27H35N3O3/c1-18(2)17-28-26(32)24(29-25(31)23-11-6-5-9-20(23)4)21-12-14-30(15-13-21)27(33)22-10-7-8-19(3)16-22/h5-11,16,18,21,24H,12-15,17H2,1-4H3,(H,28,32)(H,29,31)/t24-/m0/s1. The van der Waals surface area contributed by atoms with Crippen molar-refractivity contribution in [3.8, 4) is 0 Å². The molecule has 1 aliphatic rings. The lowest BCUT2D eigenvalue weighted by atomic mass is 9.88. The monoisotopic (exact) mass is 449 g/mol. The average Bonchev–Trinajstić information content (AvgIpc) is 2.81. The van der Waals surface area contributed by atoms with Crippen molar-refractivity contribution in [3.63, 3.8) is 0 Å². The summed E-state index contributed by atoms with van der Waals surface area (Å²) in [6, 6.07) is 14.4. The Kier molecular flexibility index (Phi) is 8.26. The summed E-state index contributed by atoms with van der Waals surface area (Å²) in [5.41, 5.74) is 3.19. The SMILES string of the molecule is Cc1cccc(C(=O)N2CCC([C@H](NC(=O)c3ccccc3C)C(=O)NCC(C)C)CC2)c1. The zero-order valence-electron chi connectivity index (χ0n) is 20.1. The largest absolute Gasteiger partial charge is 0.354 e. The molecule has 0 radical (unpaired) electrons. The molecule has 1 atom stereocenters. The molecule has 1 heterocycles. The molecule has 33 heavy (non-hydrogen) atoms. The number of aryl methyl sites for hydroxylation is 2. The van der Waals surface area contributed by atoms with E-state index < -0.39 is 6.04 Å². The number of nitrogens with one attached hydrogen (secondary N) is 2. The van der Waals surface area contributed by atoms with Crippen LogP contribution in [-0.2, 0) is 4.79 Å². The minimum absolute atomic E-state index is 0.0157. The maximum atomic E-state index is 13.1. The number of hydrogen-bond donors (Lipinski definition) is 2. The highest BCUT2D eigenvalue weighted by Gasteiger charge is 2.34. The number of carbonyl (C=O) groups is 3. The van der Waals surface area contributed by atoms with Gasteiger partial charge in [0.25, 0.3) is 11.8 Å². The molecular formula is C27H35N3O3. The Labute approximate surface area is 196 Å². The van der Waals surface area contributed by atoms with E-state index in [1.807, 2.05) is 75.1 Å². The topological polar surface area (TPSA) is 78.5 Å². The van der Waals surface area contributed by atoms with Gasteiger partial charge in [0.15, 0.2) is 0 Å². The maximum absolute atomic E-state index is 13.1. The third-order valence-corrected chi connectivity index (χ3v) is 6.21. The first-order chi connectivity index (χ1) is 15.8. The fourth-order valence-electron chi connectivity index (χ4n) is 4.26. The number of piperidine rings is 1. The number of carbonyl (C=O) groups excluding carboxylic acids is 3. The molecular weight excluding hydrogens is 414 g/mol. The third kappa shape index (κ3) is 6.44. The lowest BCUT2D eigenvalue weighted by molar-refractivity contribution is -0.124. The van der Waals surface area contributed by atoms with Crippen LogP contribution in [0.2, 0.25) is 0 Å². The Hall–Kier alpha value is -3.15. The highest BCUT2D eigenvalue weighted by molar-refractivity contribution is 5.98. The van der Waals surface area contributed by atoms with Crippen molar-refractivity contribution < 1.29 is 14.4 Å². The molecule has 3 rings (SSSR count). The highest BCUT2D eigenvalue weighted by atomic mass is 16.2. The predicted molar refractivity (Wildman–Crippen MR) is 130 cm³/mol. The van der Waals surface area contributed by atoms with Crippen molar-refractivity contribution in [1.82, 2.24) is 15.5 Å². The third-order valence-electron chi connectivity index (χ3n) is 6.21. The Morgan fingerprint density at radius 3 is 2.33 bits per heavy atom. The Morgan fingerprint density at radius 1 is 1.00 bits per heavy atom. The van der Waals surface area contributed by atoms with E-state index >= 15 is 0 Å². The number of amides is 3. The van der Waals surface area contributed by atoms with Crippen LogP contribution in [0.4, 0.5) is 0 Å². The summed E-state index contributed by atoms with van der Waals surface area (Å²) in [4.78, 5) is 40.8. The van der Waals surface area contributed by atoms with E-state index in [-0.39, 0.29) is 23.6 Å². The van der Waals surface area contributed by atoms with Crippen molar-refractivity contribution in [1.29, 1.82) is 0 Å². The lowest BCUT2D eigenvalue weighted by Gasteiger charge is -2.36. The molecule has 1 fully saturated rings. The molecule has 2 N–H and O–H groups in total. The van der Waals surface area contributed by atoms with Crippen LogP contribution in [0.3, 0.4) is 0 Å². The van der Waals surface area contributed by atoms with Crippen LogP contribution >= 0.6 is 0 Å². The molecule has 1 aliphatic heterocycles. The molecule has 6 heteroatoms. The van der Waals surface area contributed by atoms with Gasteiger partial charge in [-0.2, -0.15) is 0 Å². The average molecular weight is 450 g/mol. The zero-order chi connectivity index (χ0) is 24.0. The van der Waals surface area contributed by atoms with Gasteiger partial charge in [-0.3, -0.25) is 14.4 Å². The molecule has 6 nitrogen and oxygen atoms in total. The summed E-state index contributed by atoms with van der Waals surface area (Å²) in [6.07, 6.45) is 1.32. The zero-order valence-corrected chi connectivity index (χ0v) is 20.1. The summed E-state index contributed by atoms with van der Waals surface area (Å²) in [5.74, 6) is -0.103. The van der Waals surface area contributed by atoms with Crippen LogP contribution in [0.15, 0.2) is 48.5 Å². The molecule has 3 amide bonds. The number of rotatable bonds is 7. The van der Waals surface area contributed by atoms with Gasteiger partial charge in [0.2, 0.25) is 5.91 Å². The minimum atomic E-state index is -0.632. The smallest absolute Gasteiger partial charge is 0.253 e. The van der Waals surface area contributed by atoms with E-state index in [4.69, 9.17) is 0 Å². The first-order valence-electron chi connectivity index (χ1n) is 11.8. The molecule has 0 aliphatic carbocycles. The van der Waals surface area contributed by atoms with Gasteiger partial charge in [-0.25, -0.2) is 0 Å². The Balaban J connectivity index is 1.70. The normalized spacial score (nSPS) is 15.2. The molecule has 0 spiro atoms. The van der Waals surface area contributed by atoms with E-state index in [0.29, 0.717) is 49.5 Å². The fourth-order valence-corrected chi connectivity index (χ4v) is 4.26. The van der Waals surface area contributed by atoms with Gasteiger partial charge in [0.05, 0.1) is 0 Å². The molecule has 176 valence electrons. The molecule has 0 aromatic heterocycles. The Bertz CT molecular complexity index is 994. The summed E-state index contributed by atoms with van der Waals surface area (Å²) in [7, 11) is 0. The highest BCUT2D eigenvalue weighted by Crippen LogP contribution is 2.23. The van der Waals surface area contributed by atoms with Crippen molar-refractivity contribution in [2.45, 2.75) is 46.6 Å². The number of hydrogen-bond acceptors (Lipinski definition) is 3. The van der Waals surface area contributed by atoms with Crippen LogP contribution in [0.5, 0.6) is 0 Å². The van der Waals surface area contributed by atoms with Gasteiger partial charge in [0.1, 0.15) is 6.04 Å². The fraction of sp³-hybridized carbons (Fsp3) is 0.444. The maximum Gasteiger partial charge on any atom is 0.253 e. The first kappa shape index (κ1) is 24.5. The van der Waals surface area contributed by atoms with Crippen LogP contribution in [0, 0.1) is 25.7 Å². The molecule has 2 aromatic carbocycles. The van der Waals surface area contributed by atoms with E-state index in [2.05, 4.69) is 10.6 Å². The lowest BCUT2D eigenvalue weighted by Crippen LogP contribution is -2.54. The summed E-state index contributed by atoms with van der Waals surface area (Å²) >= 11 is 0. The second-order valence-electron chi connectivity index (χ2n) is 9.40. The van der Waals surface area contributed by atoms with Crippen LogP contribution < -0.4 is 10.6 Å². The summed E-state index contributed by atoms with van der Waals surface area (Å²) < 4.78 is 0. The molecule has 0 unspecified atom stereocenters. The quantitative estimate of drug-likeness (QED) is 0.676. The van der Waals surface area contributed by atoms with Crippen molar-refractivity contribution in [2.24, 2.45) is 11.8 Å². The van der Waals surface area contributed by atoms with Gasteiger partial charge in [-0.1, -0.05) is 49.7 Å². The van der Waals surface area contributed by atoms with Gasteiger partial charge >= 0.3 is 0 Å². The summed E-state index contributed by atoms with van der Waals surface area (Å²) in [6.45, 7) is 9.61. The van der Waals surface area contributed by atoms with Crippen LogP contribution in [0.1, 0.15) is 58.5 Å². The van der Waals surface area contributed by atoms with Crippen LogP contribution in [-0.4, -0.2) is 48.3 Å². The van der Waals surface area contributed by atoms with Gasteiger partial charge in [-0.05, 0) is 62.3 Å². The van der Waals surface area contributed by atoms with Gasteiger partial charge in [0, 0.05) is 30.8 Å². The first-order valence-corrected chi connectivity index (χ1v) is 11.8. The second kappa shape index (κ2) is 11.1. The molecule has 1 saturated heterocycles. The molecule has 0 bridgehead atoms. The van der Waals surface area contributed by atoms with Crippen molar-refractivity contribution >= 4 is 17.7 Å². The predicted octanol–water partition coefficient (Wildman–Crippen LogP) is 3.73. The molecule has 0 saturated carbocycles. The number of likely N-dealkylation sites (tertiary alicyclic amines) is 1.